The first kappa shape index (κ1) is 16.9. The topological polar surface area (TPSA) is 21.3 Å². The molecule has 0 saturated carbocycles. The van der Waals surface area contributed by atoms with Gasteiger partial charge in [0.25, 0.3) is 0 Å². The summed E-state index contributed by atoms with van der Waals surface area (Å²) in [7, 11) is 1.79. The zero-order valence-electron chi connectivity index (χ0n) is 12.6. The molecule has 0 bridgehead atoms. The highest BCUT2D eigenvalue weighted by atomic mass is 16.5. The van der Waals surface area contributed by atoms with E-state index in [1.807, 2.05) is 0 Å². The van der Waals surface area contributed by atoms with Crippen LogP contribution in [0.25, 0.3) is 0 Å². The zero-order valence-corrected chi connectivity index (χ0v) is 12.6. The molecule has 0 aromatic carbocycles. The maximum Gasteiger partial charge on any atom is 0.0464 e. The average Bonchev–Trinajstić information content (AvgIpc) is 2.25. The average molecular weight is 243 g/mol. The van der Waals surface area contributed by atoms with E-state index in [9.17, 15) is 0 Å². The van der Waals surface area contributed by atoms with Gasteiger partial charge in [-0.05, 0) is 37.3 Å². The molecule has 17 heavy (non-hydrogen) atoms. The summed E-state index contributed by atoms with van der Waals surface area (Å²) in [5.41, 5.74) is 0.407. The summed E-state index contributed by atoms with van der Waals surface area (Å²) in [4.78, 5) is 0. The first-order valence-electron chi connectivity index (χ1n) is 7.19. The molecule has 0 rings (SSSR count). The van der Waals surface area contributed by atoms with Crippen molar-refractivity contribution in [2.24, 2.45) is 11.3 Å². The van der Waals surface area contributed by atoms with Crippen LogP contribution in [0.3, 0.4) is 0 Å². The molecule has 2 heteroatoms. The molecular formula is C15H33NO. The summed E-state index contributed by atoms with van der Waals surface area (Å²) < 4.78 is 5.14. The van der Waals surface area contributed by atoms with E-state index in [-0.39, 0.29) is 0 Å². The molecule has 0 amide bonds. The molecule has 0 aliphatic heterocycles. The fourth-order valence-electron chi connectivity index (χ4n) is 1.98. The predicted octanol–water partition coefficient (Wildman–Crippen LogP) is 3.86. The van der Waals surface area contributed by atoms with Gasteiger partial charge < -0.3 is 10.1 Å². The Morgan fingerprint density at radius 3 is 2.35 bits per heavy atom. The Hall–Kier alpha value is -0.0800. The fraction of sp³-hybridized carbons (Fsp3) is 1.00. The smallest absolute Gasteiger partial charge is 0.0464 e. The van der Waals surface area contributed by atoms with Crippen LogP contribution in [-0.2, 0) is 4.74 Å². The highest BCUT2D eigenvalue weighted by molar-refractivity contribution is 4.65. The van der Waals surface area contributed by atoms with Crippen LogP contribution in [0.1, 0.15) is 59.8 Å². The second kappa shape index (κ2) is 9.90. The Balaban J connectivity index is 3.36. The second-order valence-electron chi connectivity index (χ2n) is 6.29. The van der Waals surface area contributed by atoms with Crippen molar-refractivity contribution in [3.63, 3.8) is 0 Å². The summed E-state index contributed by atoms with van der Waals surface area (Å²) in [5.74, 6) is 0.859. The molecule has 0 heterocycles. The van der Waals surface area contributed by atoms with Crippen molar-refractivity contribution in [3.05, 3.63) is 0 Å². The van der Waals surface area contributed by atoms with E-state index in [0.29, 0.717) is 5.41 Å². The summed E-state index contributed by atoms with van der Waals surface area (Å²) in [5, 5.41) is 3.54. The molecule has 1 N–H and O–H groups in total. The molecule has 0 radical (unpaired) electrons. The van der Waals surface area contributed by atoms with E-state index in [2.05, 4.69) is 33.0 Å². The quantitative estimate of drug-likeness (QED) is 0.588. The summed E-state index contributed by atoms with van der Waals surface area (Å²) >= 11 is 0. The van der Waals surface area contributed by atoms with Gasteiger partial charge in [0.15, 0.2) is 0 Å². The van der Waals surface area contributed by atoms with Crippen molar-refractivity contribution in [1.29, 1.82) is 0 Å². The number of ether oxygens (including phenoxy) is 1. The number of nitrogens with one attached hydrogen (secondary N) is 1. The van der Waals surface area contributed by atoms with E-state index in [1.165, 1.54) is 32.1 Å². The third-order valence-electron chi connectivity index (χ3n) is 3.18. The third kappa shape index (κ3) is 12.2. The van der Waals surface area contributed by atoms with E-state index in [0.717, 1.165) is 25.6 Å². The molecule has 0 saturated heterocycles. The molecule has 104 valence electrons. The van der Waals surface area contributed by atoms with Gasteiger partial charge in [0.1, 0.15) is 0 Å². The zero-order chi connectivity index (χ0) is 13.1. The Morgan fingerprint density at radius 1 is 1.12 bits per heavy atom. The minimum absolute atomic E-state index is 0.407. The molecular weight excluding hydrogens is 210 g/mol. The van der Waals surface area contributed by atoms with Gasteiger partial charge in [-0.1, -0.05) is 47.0 Å². The molecule has 0 aliphatic carbocycles. The Bertz CT molecular complexity index is 163. The minimum Gasteiger partial charge on any atom is -0.385 e. The minimum atomic E-state index is 0.407. The standard InChI is InChI=1S/C15H33NO/c1-6-14(10-12-17-5)9-7-8-11-16-13-15(2,3)4/h14,16H,6-13H2,1-5H3/t14-/m1/s1. The fourth-order valence-corrected chi connectivity index (χ4v) is 1.98. The maximum atomic E-state index is 5.14. The number of unbranched alkanes of at least 4 members (excludes halogenated alkanes) is 1. The number of hydrogen-bond acceptors (Lipinski definition) is 2. The van der Waals surface area contributed by atoms with Crippen molar-refractivity contribution in [2.75, 3.05) is 26.8 Å². The lowest BCUT2D eigenvalue weighted by molar-refractivity contribution is 0.173. The summed E-state index contributed by atoms with van der Waals surface area (Å²) in [6.07, 6.45) is 6.52. The lowest BCUT2D eigenvalue weighted by Gasteiger charge is -2.19. The number of methoxy groups -OCH3 is 1. The first-order valence-corrected chi connectivity index (χ1v) is 7.19. The molecule has 0 aromatic rings. The Morgan fingerprint density at radius 2 is 1.82 bits per heavy atom. The second-order valence-corrected chi connectivity index (χ2v) is 6.29. The predicted molar refractivity (Wildman–Crippen MR) is 76.4 cm³/mol. The monoisotopic (exact) mass is 243 g/mol. The van der Waals surface area contributed by atoms with E-state index in [4.69, 9.17) is 4.74 Å². The van der Waals surface area contributed by atoms with Crippen LogP contribution in [0.15, 0.2) is 0 Å². The van der Waals surface area contributed by atoms with Gasteiger partial charge in [-0.3, -0.25) is 0 Å². The van der Waals surface area contributed by atoms with Crippen LogP contribution in [0.5, 0.6) is 0 Å². The van der Waals surface area contributed by atoms with Crippen molar-refractivity contribution in [2.45, 2.75) is 59.8 Å². The van der Waals surface area contributed by atoms with Crippen LogP contribution < -0.4 is 5.32 Å². The molecule has 1 atom stereocenters. The lowest BCUT2D eigenvalue weighted by Crippen LogP contribution is -2.27. The third-order valence-corrected chi connectivity index (χ3v) is 3.18. The molecule has 0 aromatic heterocycles. The maximum absolute atomic E-state index is 5.14. The number of hydrogen-bond donors (Lipinski definition) is 1. The Labute approximate surface area is 109 Å². The van der Waals surface area contributed by atoms with Crippen molar-refractivity contribution >= 4 is 0 Å². The van der Waals surface area contributed by atoms with Crippen molar-refractivity contribution in [3.8, 4) is 0 Å². The van der Waals surface area contributed by atoms with E-state index >= 15 is 0 Å². The van der Waals surface area contributed by atoms with E-state index in [1.54, 1.807) is 7.11 Å². The van der Waals surface area contributed by atoms with Crippen molar-refractivity contribution in [1.82, 2.24) is 5.32 Å². The van der Waals surface area contributed by atoms with Gasteiger partial charge in [0.05, 0.1) is 0 Å². The van der Waals surface area contributed by atoms with Crippen LogP contribution >= 0.6 is 0 Å². The SMILES string of the molecule is CC[C@H](CCCCNCC(C)(C)C)CCOC. The first-order chi connectivity index (χ1) is 7.99. The van der Waals surface area contributed by atoms with Gasteiger partial charge >= 0.3 is 0 Å². The lowest BCUT2D eigenvalue weighted by atomic mass is 9.95. The highest BCUT2D eigenvalue weighted by Gasteiger charge is 2.09. The normalized spacial score (nSPS) is 13.9. The summed E-state index contributed by atoms with van der Waals surface area (Å²) in [6, 6.07) is 0. The molecule has 2 nitrogen and oxygen atoms in total. The van der Waals surface area contributed by atoms with Gasteiger partial charge in [0, 0.05) is 13.7 Å². The number of rotatable bonds is 10. The Kier molecular flexibility index (Phi) is 9.85. The van der Waals surface area contributed by atoms with Crippen LogP contribution in [0.4, 0.5) is 0 Å². The van der Waals surface area contributed by atoms with Gasteiger partial charge in [-0.15, -0.1) is 0 Å². The van der Waals surface area contributed by atoms with Gasteiger partial charge in [-0.2, -0.15) is 0 Å². The molecule has 0 spiro atoms. The van der Waals surface area contributed by atoms with Gasteiger partial charge in [0.2, 0.25) is 0 Å². The van der Waals surface area contributed by atoms with Crippen LogP contribution in [-0.4, -0.2) is 26.8 Å². The summed E-state index contributed by atoms with van der Waals surface area (Å²) in [6.45, 7) is 12.3. The van der Waals surface area contributed by atoms with E-state index < -0.39 is 0 Å². The van der Waals surface area contributed by atoms with Crippen LogP contribution in [0, 0.1) is 11.3 Å². The van der Waals surface area contributed by atoms with Crippen molar-refractivity contribution < 1.29 is 4.74 Å². The van der Waals surface area contributed by atoms with Crippen LogP contribution in [0.2, 0.25) is 0 Å². The molecule has 0 fully saturated rings. The molecule has 0 unspecified atom stereocenters. The highest BCUT2D eigenvalue weighted by Crippen LogP contribution is 2.16. The van der Waals surface area contributed by atoms with Gasteiger partial charge in [-0.25, -0.2) is 0 Å². The molecule has 0 aliphatic rings. The largest absolute Gasteiger partial charge is 0.385 e.